The maximum absolute atomic E-state index is 5.72. The average molecular weight is 173 g/mol. The first-order valence-corrected chi connectivity index (χ1v) is 4.66. The molecule has 0 aliphatic heterocycles. The molecule has 2 N–H and O–H groups in total. The van der Waals surface area contributed by atoms with Gasteiger partial charge in [0.2, 0.25) is 0 Å². The zero-order valence-corrected chi connectivity index (χ0v) is 9.05. The van der Waals surface area contributed by atoms with Gasteiger partial charge in [0.25, 0.3) is 0 Å². The molecular formula is C10H23NO. The molecule has 2 nitrogen and oxygen atoms in total. The molecule has 0 saturated carbocycles. The number of rotatable bonds is 4. The third-order valence-corrected chi connectivity index (χ3v) is 1.42. The largest absolute Gasteiger partial charge is 0.497 e. The molecule has 0 aromatic carbocycles. The van der Waals surface area contributed by atoms with Gasteiger partial charge < -0.3 is 10.5 Å². The van der Waals surface area contributed by atoms with E-state index in [1.165, 1.54) is 0 Å². The van der Waals surface area contributed by atoms with Gasteiger partial charge in [0, 0.05) is 0 Å². The van der Waals surface area contributed by atoms with Crippen molar-refractivity contribution in [2.75, 3.05) is 6.61 Å². The van der Waals surface area contributed by atoms with Gasteiger partial charge in [-0.3, -0.25) is 0 Å². The van der Waals surface area contributed by atoms with Crippen LogP contribution >= 0.6 is 0 Å². The average Bonchev–Trinajstić information content (AvgIpc) is 2.07. The summed E-state index contributed by atoms with van der Waals surface area (Å²) < 4.78 is 5.15. The predicted octanol–water partition coefficient (Wildman–Crippen LogP) is 2.55. The van der Waals surface area contributed by atoms with Crippen molar-refractivity contribution in [3.63, 3.8) is 0 Å². The van der Waals surface area contributed by atoms with E-state index in [1.54, 1.807) is 0 Å². The molecule has 0 saturated heterocycles. The monoisotopic (exact) mass is 173 g/mol. The van der Waals surface area contributed by atoms with Crippen LogP contribution in [-0.4, -0.2) is 12.6 Å². The highest BCUT2D eigenvalue weighted by Crippen LogP contribution is 2.08. The van der Waals surface area contributed by atoms with E-state index in [1.807, 2.05) is 20.8 Å². The highest BCUT2D eigenvalue weighted by atomic mass is 16.5. The SMILES string of the molecule is C=C(OCC)C(N)C(C)C.CC. The van der Waals surface area contributed by atoms with Crippen molar-refractivity contribution in [3.8, 4) is 0 Å². The Morgan fingerprint density at radius 2 is 1.83 bits per heavy atom. The van der Waals surface area contributed by atoms with E-state index in [0.717, 1.165) is 0 Å². The maximum Gasteiger partial charge on any atom is 0.106 e. The fourth-order valence-corrected chi connectivity index (χ4v) is 0.653. The summed E-state index contributed by atoms with van der Waals surface area (Å²) in [5.74, 6) is 1.09. The molecule has 0 radical (unpaired) electrons. The zero-order chi connectivity index (χ0) is 10.1. The summed E-state index contributed by atoms with van der Waals surface area (Å²) in [4.78, 5) is 0. The number of nitrogens with two attached hydrogens (primary N) is 1. The van der Waals surface area contributed by atoms with Crippen molar-refractivity contribution in [2.24, 2.45) is 11.7 Å². The van der Waals surface area contributed by atoms with E-state index in [4.69, 9.17) is 10.5 Å². The summed E-state index contributed by atoms with van der Waals surface area (Å²) >= 11 is 0. The Morgan fingerprint density at radius 1 is 1.42 bits per heavy atom. The molecule has 0 aromatic heterocycles. The van der Waals surface area contributed by atoms with Gasteiger partial charge in [-0.2, -0.15) is 0 Å². The van der Waals surface area contributed by atoms with E-state index in [0.29, 0.717) is 18.3 Å². The Balaban J connectivity index is 0. The van der Waals surface area contributed by atoms with Crippen LogP contribution < -0.4 is 5.73 Å². The highest BCUT2D eigenvalue weighted by molar-refractivity contribution is 4.96. The summed E-state index contributed by atoms with van der Waals surface area (Å²) in [7, 11) is 0. The van der Waals surface area contributed by atoms with Crippen molar-refractivity contribution < 1.29 is 4.74 Å². The minimum atomic E-state index is -0.0278. The van der Waals surface area contributed by atoms with Gasteiger partial charge in [0.15, 0.2) is 0 Å². The smallest absolute Gasteiger partial charge is 0.106 e. The van der Waals surface area contributed by atoms with Gasteiger partial charge in [-0.05, 0) is 12.8 Å². The second-order valence-corrected chi connectivity index (χ2v) is 2.67. The van der Waals surface area contributed by atoms with Crippen molar-refractivity contribution in [2.45, 2.75) is 40.7 Å². The summed E-state index contributed by atoms with van der Waals surface area (Å²) in [5.41, 5.74) is 5.72. The van der Waals surface area contributed by atoms with Crippen molar-refractivity contribution >= 4 is 0 Å². The van der Waals surface area contributed by atoms with Crippen LogP contribution in [0.2, 0.25) is 0 Å². The fourth-order valence-electron chi connectivity index (χ4n) is 0.653. The number of hydrogen-bond acceptors (Lipinski definition) is 2. The van der Waals surface area contributed by atoms with Crippen LogP contribution in [0, 0.1) is 5.92 Å². The van der Waals surface area contributed by atoms with Crippen LogP contribution in [0.3, 0.4) is 0 Å². The van der Waals surface area contributed by atoms with E-state index in [9.17, 15) is 0 Å². The maximum atomic E-state index is 5.72. The van der Waals surface area contributed by atoms with Gasteiger partial charge in [0.1, 0.15) is 5.76 Å². The van der Waals surface area contributed by atoms with E-state index >= 15 is 0 Å². The molecule has 2 heteroatoms. The molecule has 1 unspecified atom stereocenters. The second kappa shape index (κ2) is 8.60. The Morgan fingerprint density at radius 3 is 2.08 bits per heavy atom. The molecule has 0 spiro atoms. The topological polar surface area (TPSA) is 35.2 Å². The Labute approximate surface area is 76.8 Å². The Kier molecular flexibility index (Phi) is 10.1. The molecule has 0 aliphatic rings. The van der Waals surface area contributed by atoms with Gasteiger partial charge in [0.05, 0.1) is 12.6 Å². The predicted molar refractivity (Wildman–Crippen MR) is 54.9 cm³/mol. The minimum Gasteiger partial charge on any atom is -0.497 e. The normalized spacial score (nSPS) is 11.6. The Bertz CT molecular complexity index is 110. The molecule has 0 aliphatic carbocycles. The van der Waals surface area contributed by atoms with Crippen LogP contribution in [0.1, 0.15) is 34.6 Å². The lowest BCUT2D eigenvalue weighted by molar-refractivity contribution is 0.199. The molecule has 0 rings (SSSR count). The first-order valence-electron chi connectivity index (χ1n) is 4.66. The van der Waals surface area contributed by atoms with Crippen molar-refractivity contribution in [3.05, 3.63) is 12.3 Å². The summed E-state index contributed by atoms with van der Waals surface area (Å²) in [6, 6.07) is -0.0278. The first-order chi connectivity index (χ1) is 5.59. The molecular weight excluding hydrogens is 150 g/mol. The molecule has 0 bridgehead atoms. The van der Waals surface area contributed by atoms with Crippen molar-refractivity contribution in [1.82, 2.24) is 0 Å². The van der Waals surface area contributed by atoms with E-state index < -0.39 is 0 Å². The van der Waals surface area contributed by atoms with Crippen LogP contribution in [0.15, 0.2) is 12.3 Å². The van der Waals surface area contributed by atoms with Crippen LogP contribution in [0.25, 0.3) is 0 Å². The quantitative estimate of drug-likeness (QED) is 0.663. The zero-order valence-electron chi connectivity index (χ0n) is 9.05. The van der Waals surface area contributed by atoms with E-state index in [-0.39, 0.29) is 6.04 Å². The number of ether oxygens (including phenoxy) is 1. The molecule has 0 fully saturated rings. The van der Waals surface area contributed by atoms with Crippen LogP contribution in [0.4, 0.5) is 0 Å². The molecule has 74 valence electrons. The Hall–Kier alpha value is -0.500. The molecule has 0 amide bonds. The molecule has 12 heavy (non-hydrogen) atoms. The third-order valence-electron chi connectivity index (χ3n) is 1.42. The standard InChI is InChI=1S/C8H17NO.C2H6/c1-5-10-7(4)8(9)6(2)3;1-2/h6,8H,4-5,9H2,1-3H3;1-2H3. The third kappa shape index (κ3) is 6.23. The van der Waals surface area contributed by atoms with Gasteiger partial charge in [-0.15, -0.1) is 0 Å². The lowest BCUT2D eigenvalue weighted by Crippen LogP contribution is -2.29. The fraction of sp³-hybridized carbons (Fsp3) is 0.800. The summed E-state index contributed by atoms with van der Waals surface area (Å²) in [5, 5.41) is 0. The van der Waals surface area contributed by atoms with Gasteiger partial charge >= 0.3 is 0 Å². The van der Waals surface area contributed by atoms with Crippen LogP contribution in [-0.2, 0) is 4.74 Å². The number of hydrogen-bond donors (Lipinski definition) is 1. The van der Waals surface area contributed by atoms with Crippen molar-refractivity contribution in [1.29, 1.82) is 0 Å². The molecule has 1 atom stereocenters. The van der Waals surface area contributed by atoms with E-state index in [2.05, 4.69) is 20.4 Å². The van der Waals surface area contributed by atoms with Gasteiger partial charge in [-0.1, -0.05) is 34.3 Å². The highest BCUT2D eigenvalue weighted by Gasteiger charge is 2.11. The molecule has 0 aromatic rings. The minimum absolute atomic E-state index is 0.0278. The summed E-state index contributed by atoms with van der Waals surface area (Å²) in [6.45, 7) is 14.4. The summed E-state index contributed by atoms with van der Waals surface area (Å²) in [6.07, 6.45) is 0. The molecule has 0 heterocycles. The lowest BCUT2D eigenvalue weighted by atomic mass is 10.0. The van der Waals surface area contributed by atoms with Gasteiger partial charge in [-0.25, -0.2) is 0 Å². The van der Waals surface area contributed by atoms with Crippen LogP contribution in [0.5, 0.6) is 0 Å². The second-order valence-electron chi connectivity index (χ2n) is 2.67. The lowest BCUT2D eigenvalue weighted by Gasteiger charge is -2.17. The first kappa shape index (κ1) is 14.0.